The fourth-order valence-corrected chi connectivity index (χ4v) is 4.51. The molecule has 1 heterocycles. The molecular formula is C21H22N2O3S. The highest BCUT2D eigenvalue weighted by Gasteiger charge is 2.74. The van der Waals surface area contributed by atoms with Crippen molar-refractivity contribution in [2.75, 3.05) is 11.4 Å². The second-order valence-corrected chi connectivity index (χ2v) is 8.04. The number of nitrogens with zero attached hydrogens (tertiary/aromatic N) is 2. The maximum atomic E-state index is 13.2. The third-order valence-electron chi connectivity index (χ3n) is 5.33. The minimum absolute atomic E-state index is 0.130. The van der Waals surface area contributed by atoms with Gasteiger partial charge in [0.15, 0.2) is 5.11 Å². The Hall–Kier alpha value is -2.28. The van der Waals surface area contributed by atoms with Crippen LogP contribution in [-0.2, 0) is 5.72 Å². The number of hydrogen-bond acceptors (Lipinski definition) is 4. The van der Waals surface area contributed by atoms with Gasteiger partial charge >= 0.3 is 0 Å². The number of thiocarbonyl (C=S) groups is 1. The summed E-state index contributed by atoms with van der Waals surface area (Å²) in [4.78, 5) is 16.2. The molecule has 0 saturated carbocycles. The fraction of sp³-hybridized carbons (Fsp3) is 0.333. The summed E-state index contributed by atoms with van der Waals surface area (Å²) in [7, 11) is 0. The molecular weight excluding hydrogens is 360 g/mol. The van der Waals surface area contributed by atoms with E-state index in [-0.39, 0.29) is 11.0 Å². The van der Waals surface area contributed by atoms with Crippen molar-refractivity contribution in [1.29, 1.82) is 0 Å². The molecule has 0 bridgehead atoms. The number of carbonyl (C=O) groups excluding carboxylic acids is 1. The van der Waals surface area contributed by atoms with Gasteiger partial charge in [0.05, 0.1) is 0 Å². The van der Waals surface area contributed by atoms with Gasteiger partial charge in [0.2, 0.25) is 11.5 Å². The molecule has 2 aliphatic rings. The second-order valence-electron chi connectivity index (χ2n) is 7.68. The summed E-state index contributed by atoms with van der Waals surface area (Å²) in [5, 5.41) is 23.8. The quantitative estimate of drug-likeness (QED) is 0.796. The third-order valence-corrected chi connectivity index (χ3v) is 5.73. The number of hydrogen-bond donors (Lipinski definition) is 2. The fourth-order valence-electron chi connectivity index (χ4n) is 4.07. The molecule has 140 valence electrons. The Morgan fingerprint density at radius 2 is 1.67 bits per heavy atom. The van der Waals surface area contributed by atoms with Crippen LogP contribution in [0.25, 0.3) is 0 Å². The number of ketones is 1. The highest BCUT2D eigenvalue weighted by atomic mass is 32.1. The third kappa shape index (κ3) is 2.18. The van der Waals surface area contributed by atoms with E-state index in [0.717, 1.165) is 5.56 Å². The van der Waals surface area contributed by atoms with Gasteiger partial charge in [0.1, 0.15) is 0 Å². The lowest BCUT2D eigenvalue weighted by molar-refractivity contribution is -0.155. The smallest absolute Gasteiger partial charge is 0.259 e. The molecule has 2 N–H and O–H groups in total. The van der Waals surface area contributed by atoms with Crippen molar-refractivity contribution in [3.05, 3.63) is 65.2 Å². The highest BCUT2D eigenvalue weighted by molar-refractivity contribution is 7.80. The average Bonchev–Trinajstić information content (AvgIpc) is 2.92. The van der Waals surface area contributed by atoms with E-state index in [1.807, 2.05) is 45.0 Å². The van der Waals surface area contributed by atoms with Crippen LogP contribution in [0.2, 0.25) is 0 Å². The summed E-state index contributed by atoms with van der Waals surface area (Å²) in [6.07, 6.45) is 0. The van der Waals surface area contributed by atoms with Crippen molar-refractivity contribution in [2.45, 2.75) is 32.2 Å². The molecule has 0 aromatic heterocycles. The van der Waals surface area contributed by atoms with Crippen LogP contribution in [0.15, 0.2) is 48.5 Å². The van der Waals surface area contributed by atoms with E-state index < -0.39 is 17.2 Å². The minimum atomic E-state index is -2.16. The zero-order chi connectivity index (χ0) is 19.6. The van der Waals surface area contributed by atoms with Crippen LogP contribution in [0.1, 0.15) is 35.3 Å². The molecule has 6 heteroatoms. The van der Waals surface area contributed by atoms with Gasteiger partial charge in [-0.05, 0) is 37.2 Å². The molecule has 1 aliphatic heterocycles. The molecule has 1 fully saturated rings. The molecule has 2 aromatic carbocycles. The van der Waals surface area contributed by atoms with Crippen LogP contribution in [-0.4, -0.2) is 38.3 Å². The SMILES string of the molecule is Cc1ccc(N2C(=S)N(CC(C)C)[C@]3(O)C(=O)c4ccccc4[C@]23O)cc1. The summed E-state index contributed by atoms with van der Waals surface area (Å²) >= 11 is 5.65. The first kappa shape index (κ1) is 18.1. The summed E-state index contributed by atoms with van der Waals surface area (Å²) in [5.41, 5.74) is -1.77. The van der Waals surface area contributed by atoms with E-state index in [1.54, 1.807) is 24.3 Å². The van der Waals surface area contributed by atoms with Crippen LogP contribution >= 0.6 is 12.2 Å². The number of Topliss-reactive ketones (excluding diaryl/α,β-unsaturated/α-hetero) is 1. The van der Waals surface area contributed by atoms with Crippen molar-refractivity contribution in [3.8, 4) is 0 Å². The van der Waals surface area contributed by atoms with E-state index in [1.165, 1.54) is 9.80 Å². The van der Waals surface area contributed by atoms with Gasteiger partial charge in [0, 0.05) is 23.4 Å². The number of aliphatic hydroxyl groups is 2. The molecule has 0 amide bonds. The molecule has 27 heavy (non-hydrogen) atoms. The Morgan fingerprint density at radius 3 is 2.30 bits per heavy atom. The lowest BCUT2D eigenvalue weighted by Gasteiger charge is -2.37. The maximum absolute atomic E-state index is 13.2. The van der Waals surface area contributed by atoms with Crippen LogP contribution in [0, 0.1) is 12.8 Å². The number of benzene rings is 2. The molecule has 0 radical (unpaired) electrons. The number of anilines is 1. The molecule has 1 saturated heterocycles. The first-order valence-electron chi connectivity index (χ1n) is 9.00. The average molecular weight is 382 g/mol. The molecule has 2 atom stereocenters. The molecule has 1 aliphatic carbocycles. The predicted octanol–water partition coefficient (Wildman–Crippen LogP) is 2.79. The number of fused-ring (bicyclic) bond motifs is 3. The predicted molar refractivity (Wildman–Crippen MR) is 107 cm³/mol. The topological polar surface area (TPSA) is 64.0 Å². The minimum Gasteiger partial charge on any atom is -0.362 e. The van der Waals surface area contributed by atoms with Gasteiger partial charge in [-0.1, -0.05) is 55.8 Å². The number of aryl methyl sites for hydroxylation is 1. The first-order valence-corrected chi connectivity index (χ1v) is 9.41. The van der Waals surface area contributed by atoms with Crippen LogP contribution < -0.4 is 4.90 Å². The van der Waals surface area contributed by atoms with Gasteiger partial charge in [-0.3, -0.25) is 9.69 Å². The van der Waals surface area contributed by atoms with Gasteiger partial charge in [-0.15, -0.1) is 0 Å². The largest absolute Gasteiger partial charge is 0.362 e. The Labute approximate surface area is 163 Å². The summed E-state index contributed by atoms with van der Waals surface area (Å²) < 4.78 is 0. The van der Waals surface area contributed by atoms with Crippen molar-refractivity contribution >= 4 is 28.8 Å². The molecule has 0 unspecified atom stereocenters. The van der Waals surface area contributed by atoms with Crippen LogP contribution in [0.4, 0.5) is 5.69 Å². The monoisotopic (exact) mass is 382 g/mol. The summed E-state index contributed by atoms with van der Waals surface area (Å²) in [5.74, 6) is -0.399. The maximum Gasteiger partial charge on any atom is 0.259 e. The normalized spacial score (nSPS) is 26.7. The van der Waals surface area contributed by atoms with Crippen molar-refractivity contribution in [1.82, 2.24) is 4.90 Å². The van der Waals surface area contributed by atoms with Crippen LogP contribution in [0.3, 0.4) is 0 Å². The molecule has 4 rings (SSSR count). The first-order chi connectivity index (χ1) is 12.7. The lowest BCUT2D eigenvalue weighted by atomic mass is 9.97. The van der Waals surface area contributed by atoms with E-state index >= 15 is 0 Å². The van der Waals surface area contributed by atoms with Gasteiger partial charge < -0.3 is 15.1 Å². The van der Waals surface area contributed by atoms with Crippen molar-refractivity contribution in [3.63, 3.8) is 0 Å². The highest BCUT2D eigenvalue weighted by Crippen LogP contribution is 2.54. The van der Waals surface area contributed by atoms with E-state index in [0.29, 0.717) is 23.4 Å². The zero-order valence-corrected chi connectivity index (χ0v) is 16.3. The molecule has 5 nitrogen and oxygen atoms in total. The molecule has 0 spiro atoms. The Morgan fingerprint density at radius 1 is 1.04 bits per heavy atom. The van der Waals surface area contributed by atoms with Gasteiger partial charge in [-0.25, -0.2) is 0 Å². The molecule has 2 aromatic rings. The standard InChI is InChI=1S/C21H22N2O3S/c1-13(2)12-22-19(27)23(15-10-8-14(3)9-11-15)20(25)17-7-5-4-6-16(17)18(24)21(20,22)26/h4-11,13,25-26H,12H2,1-3H3/t20-,21+/m1/s1. The number of rotatable bonds is 3. The summed E-state index contributed by atoms with van der Waals surface area (Å²) in [6, 6.07) is 14.3. The lowest BCUT2D eigenvalue weighted by Crippen LogP contribution is -2.60. The van der Waals surface area contributed by atoms with Crippen LogP contribution in [0.5, 0.6) is 0 Å². The Bertz CT molecular complexity index is 943. The summed E-state index contributed by atoms with van der Waals surface area (Å²) in [6.45, 7) is 6.27. The second kappa shape index (κ2) is 5.86. The zero-order valence-electron chi connectivity index (χ0n) is 15.5. The van der Waals surface area contributed by atoms with E-state index in [2.05, 4.69) is 0 Å². The Kier molecular flexibility index (Phi) is 3.93. The van der Waals surface area contributed by atoms with Crippen molar-refractivity contribution in [2.24, 2.45) is 5.92 Å². The van der Waals surface area contributed by atoms with Gasteiger partial charge in [-0.2, -0.15) is 0 Å². The van der Waals surface area contributed by atoms with Crippen molar-refractivity contribution < 1.29 is 15.0 Å². The van der Waals surface area contributed by atoms with E-state index in [9.17, 15) is 15.0 Å². The number of carbonyl (C=O) groups is 1. The Balaban J connectivity index is 1.99. The van der Waals surface area contributed by atoms with Gasteiger partial charge in [0.25, 0.3) is 5.72 Å². The van der Waals surface area contributed by atoms with E-state index in [4.69, 9.17) is 12.2 Å².